The van der Waals surface area contributed by atoms with E-state index in [0.29, 0.717) is 5.92 Å². The van der Waals surface area contributed by atoms with Gasteiger partial charge in [-0.15, -0.1) is 0 Å². The molecular formula is C15H31N3O. The van der Waals surface area contributed by atoms with Crippen LogP contribution in [0.2, 0.25) is 0 Å². The number of amides is 1. The van der Waals surface area contributed by atoms with Gasteiger partial charge in [-0.2, -0.15) is 0 Å². The Morgan fingerprint density at radius 3 is 2.37 bits per heavy atom. The number of carbonyl (C=O) groups is 1. The molecule has 3 N–H and O–H groups in total. The lowest BCUT2D eigenvalue weighted by Crippen LogP contribution is -2.51. The number of hydrogen-bond donors (Lipinski definition) is 2. The summed E-state index contributed by atoms with van der Waals surface area (Å²) in [7, 11) is 0. The number of rotatable bonds is 6. The van der Waals surface area contributed by atoms with Crippen molar-refractivity contribution in [1.82, 2.24) is 10.2 Å². The van der Waals surface area contributed by atoms with E-state index in [1.807, 2.05) is 6.92 Å². The third-order valence-corrected chi connectivity index (χ3v) is 4.36. The van der Waals surface area contributed by atoms with E-state index < -0.39 is 0 Å². The molecule has 0 aliphatic carbocycles. The van der Waals surface area contributed by atoms with Crippen molar-refractivity contribution in [2.24, 2.45) is 11.7 Å². The van der Waals surface area contributed by atoms with E-state index in [-0.39, 0.29) is 24.0 Å². The average molecular weight is 269 g/mol. The van der Waals surface area contributed by atoms with Gasteiger partial charge in [0.05, 0.1) is 6.04 Å². The molecule has 1 amide bonds. The van der Waals surface area contributed by atoms with Crippen LogP contribution in [0, 0.1) is 5.92 Å². The molecule has 19 heavy (non-hydrogen) atoms. The molecule has 4 heteroatoms. The van der Waals surface area contributed by atoms with Crippen LogP contribution in [0.4, 0.5) is 0 Å². The molecule has 0 aromatic heterocycles. The second-order valence-corrected chi connectivity index (χ2v) is 6.11. The molecule has 1 heterocycles. The van der Waals surface area contributed by atoms with Crippen molar-refractivity contribution in [3.05, 3.63) is 0 Å². The van der Waals surface area contributed by atoms with Gasteiger partial charge in [-0.1, -0.05) is 13.3 Å². The molecule has 0 bridgehead atoms. The molecule has 4 nitrogen and oxygen atoms in total. The van der Waals surface area contributed by atoms with Crippen LogP contribution in [0.1, 0.15) is 53.4 Å². The largest absolute Gasteiger partial charge is 0.352 e. The molecule has 0 aromatic rings. The highest BCUT2D eigenvalue weighted by atomic mass is 16.2. The second-order valence-electron chi connectivity index (χ2n) is 6.11. The van der Waals surface area contributed by atoms with Gasteiger partial charge in [0, 0.05) is 12.1 Å². The van der Waals surface area contributed by atoms with Crippen LogP contribution < -0.4 is 11.1 Å². The number of likely N-dealkylation sites (tertiary alicyclic amines) is 1. The summed E-state index contributed by atoms with van der Waals surface area (Å²) in [5.74, 6) is 0.783. The zero-order valence-corrected chi connectivity index (χ0v) is 13.0. The molecule has 0 saturated carbocycles. The Kier molecular flexibility index (Phi) is 6.80. The van der Waals surface area contributed by atoms with E-state index in [4.69, 9.17) is 5.73 Å². The third-order valence-electron chi connectivity index (χ3n) is 4.36. The van der Waals surface area contributed by atoms with Crippen molar-refractivity contribution in [1.29, 1.82) is 0 Å². The van der Waals surface area contributed by atoms with Crippen LogP contribution in [-0.2, 0) is 4.79 Å². The van der Waals surface area contributed by atoms with Crippen LogP contribution >= 0.6 is 0 Å². The number of nitrogens with zero attached hydrogens (tertiary/aromatic N) is 1. The Bertz CT molecular complexity index is 273. The van der Waals surface area contributed by atoms with Crippen molar-refractivity contribution in [3.63, 3.8) is 0 Å². The number of nitrogens with one attached hydrogen (secondary N) is 1. The molecule has 112 valence electrons. The average Bonchev–Trinajstić information content (AvgIpc) is 2.38. The summed E-state index contributed by atoms with van der Waals surface area (Å²) >= 11 is 0. The molecule has 0 aromatic carbocycles. The van der Waals surface area contributed by atoms with Crippen LogP contribution in [-0.4, -0.2) is 42.0 Å². The number of carbonyl (C=O) groups excluding carboxylic acids is 1. The maximum atomic E-state index is 12.2. The normalized spacial score (nSPS) is 22.8. The summed E-state index contributed by atoms with van der Waals surface area (Å²) in [5, 5.41) is 3.11. The summed E-state index contributed by atoms with van der Waals surface area (Å²) < 4.78 is 0. The van der Waals surface area contributed by atoms with Crippen LogP contribution in [0.15, 0.2) is 0 Å². The fraction of sp³-hybridized carbons (Fsp3) is 0.933. The summed E-state index contributed by atoms with van der Waals surface area (Å²) in [6, 6.07) is 0.533. The van der Waals surface area contributed by atoms with E-state index in [9.17, 15) is 4.79 Å². The lowest BCUT2D eigenvalue weighted by molar-refractivity contribution is -0.127. The van der Waals surface area contributed by atoms with Gasteiger partial charge in [-0.05, 0) is 59.0 Å². The molecule has 0 spiro atoms. The molecular weight excluding hydrogens is 238 g/mol. The maximum Gasteiger partial charge on any atom is 0.237 e. The predicted molar refractivity (Wildman–Crippen MR) is 79.9 cm³/mol. The van der Waals surface area contributed by atoms with Crippen molar-refractivity contribution in [3.8, 4) is 0 Å². The monoisotopic (exact) mass is 269 g/mol. The van der Waals surface area contributed by atoms with Crippen LogP contribution in [0.25, 0.3) is 0 Å². The number of piperidine rings is 1. The minimum absolute atomic E-state index is 0.0201. The van der Waals surface area contributed by atoms with Gasteiger partial charge in [-0.3, -0.25) is 9.69 Å². The molecule has 1 fully saturated rings. The number of hydrogen-bond acceptors (Lipinski definition) is 3. The first-order valence-corrected chi connectivity index (χ1v) is 7.75. The highest BCUT2D eigenvalue weighted by Crippen LogP contribution is 2.21. The van der Waals surface area contributed by atoms with Crippen LogP contribution in [0.5, 0.6) is 0 Å². The zero-order valence-electron chi connectivity index (χ0n) is 13.0. The lowest BCUT2D eigenvalue weighted by Gasteiger charge is -2.37. The van der Waals surface area contributed by atoms with Crippen molar-refractivity contribution in [2.75, 3.05) is 13.1 Å². The summed E-state index contributed by atoms with van der Waals surface area (Å²) in [6.45, 7) is 10.3. The van der Waals surface area contributed by atoms with E-state index >= 15 is 0 Å². The quantitative estimate of drug-likeness (QED) is 0.772. The topological polar surface area (TPSA) is 58.4 Å². The second kappa shape index (κ2) is 7.85. The van der Waals surface area contributed by atoms with Crippen molar-refractivity contribution in [2.45, 2.75) is 71.5 Å². The molecule has 3 unspecified atom stereocenters. The predicted octanol–water partition coefficient (Wildman–Crippen LogP) is 1.74. The number of nitrogens with two attached hydrogens (primary N) is 1. The highest BCUT2D eigenvalue weighted by molar-refractivity contribution is 5.81. The van der Waals surface area contributed by atoms with E-state index in [2.05, 4.69) is 31.0 Å². The van der Waals surface area contributed by atoms with E-state index in [1.54, 1.807) is 0 Å². The molecule has 0 radical (unpaired) electrons. The SMILES string of the molecule is CCCC(C)NC(=O)C(C)N1CCC(C(C)N)CC1. The Hall–Kier alpha value is -0.610. The van der Waals surface area contributed by atoms with Crippen molar-refractivity contribution >= 4 is 5.91 Å². The maximum absolute atomic E-state index is 12.2. The first kappa shape index (κ1) is 16.4. The summed E-state index contributed by atoms with van der Waals surface area (Å²) in [5.41, 5.74) is 5.95. The van der Waals surface area contributed by atoms with Gasteiger partial charge >= 0.3 is 0 Å². The Morgan fingerprint density at radius 2 is 1.89 bits per heavy atom. The highest BCUT2D eigenvalue weighted by Gasteiger charge is 2.28. The Morgan fingerprint density at radius 1 is 1.32 bits per heavy atom. The van der Waals surface area contributed by atoms with Crippen LogP contribution in [0.3, 0.4) is 0 Å². The lowest BCUT2D eigenvalue weighted by atomic mass is 9.90. The molecule has 1 saturated heterocycles. The van der Waals surface area contributed by atoms with Gasteiger partial charge < -0.3 is 11.1 Å². The zero-order chi connectivity index (χ0) is 14.4. The third kappa shape index (κ3) is 5.11. The van der Waals surface area contributed by atoms with Gasteiger partial charge in [0.1, 0.15) is 0 Å². The molecule has 1 aliphatic heterocycles. The van der Waals surface area contributed by atoms with E-state index in [0.717, 1.165) is 38.8 Å². The Labute approximate surface area is 118 Å². The summed E-state index contributed by atoms with van der Waals surface area (Å²) in [4.78, 5) is 14.5. The van der Waals surface area contributed by atoms with Gasteiger partial charge in [-0.25, -0.2) is 0 Å². The van der Waals surface area contributed by atoms with Gasteiger partial charge in [0.15, 0.2) is 0 Å². The minimum Gasteiger partial charge on any atom is -0.352 e. The van der Waals surface area contributed by atoms with Gasteiger partial charge in [0.25, 0.3) is 0 Å². The Balaban J connectivity index is 2.37. The standard InChI is InChI=1S/C15H31N3O/c1-5-6-11(2)17-15(19)13(4)18-9-7-14(8-10-18)12(3)16/h11-14H,5-10,16H2,1-4H3,(H,17,19). The van der Waals surface area contributed by atoms with Gasteiger partial charge in [0.2, 0.25) is 5.91 Å². The molecule has 1 aliphatic rings. The minimum atomic E-state index is -0.0201. The molecule has 3 atom stereocenters. The molecule has 1 rings (SSSR count). The first-order valence-electron chi connectivity index (χ1n) is 7.75. The van der Waals surface area contributed by atoms with E-state index in [1.165, 1.54) is 0 Å². The summed E-state index contributed by atoms with van der Waals surface area (Å²) in [6.07, 6.45) is 4.38. The smallest absolute Gasteiger partial charge is 0.237 e. The fourth-order valence-electron chi connectivity index (χ4n) is 2.87. The fourth-order valence-corrected chi connectivity index (χ4v) is 2.87. The van der Waals surface area contributed by atoms with Crippen molar-refractivity contribution < 1.29 is 4.79 Å². The first-order chi connectivity index (χ1) is 8.95.